The third kappa shape index (κ3) is 16.2. The maximum Gasteiger partial charge on any atom is 0.261 e. The third-order valence-corrected chi connectivity index (χ3v) is 18.0. The maximum absolute atomic E-state index is 13.7. The molecule has 4 aromatic rings. The summed E-state index contributed by atoms with van der Waals surface area (Å²) in [6.07, 6.45) is 39.4. The average molecular weight is 1050 g/mol. The molecule has 4 amide bonds. The van der Waals surface area contributed by atoms with E-state index in [0.29, 0.717) is 51.8 Å². The average Bonchev–Trinajstić information content (AvgIpc) is 3.80. The minimum Gasteiger partial charge on any atom is -0.457 e. The molecule has 77 heavy (non-hydrogen) atoms. The first-order chi connectivity index (χ1) is 37.4. The second-order valence-electron chi connectivity index (χ2n) is 23.9. The molecule has 8 heteroatoms. The number of carbonyl (C=O) groups is 4. The number of ether oxygens (including phenoxy) is 2. The van der Waals surface area contributed by atoms with Crippen LogP contribution in [-0.4, -0.2) is 47.0 Å². The van der Waals surface area contributed by atoms with Gasteiger partial charge in [-0.05, 0) is 128 Å². The molecule has 2 heterocycles. The summed E-state index contributed by atoms with van der Waals surface area (Å²) in [5, 5.41) is 0. The number of benzene rings is 4. The summed E-state index contributed by atoms with van der Waals surface area (Å²) in [4.78, 5) is 54.6. The Bertz CT molecular complexity index is 2490. The van der Waals surface area contributed by atoms with Gasteiger partial charge in [-0.25, -0.2) is 0 Å². The second kappa shape index (κ2) is 30.2. The van der Waals surface area contributed by atoms with Crippen LogP contribution < -0.4 is 9.47 Å². The zero-order chi connectivity index (χ0) is 54.6. The van der Waals surface area contributed by atoms with Crippen molar-refractivity contribution in [1.29, 1.82) is 0 Å². The van der Waals surface area contributed by atoms with Crippen molar-refractivity contribution in [1.82, 2.24) is 9.80 Å². The van der Waals surface area contributed by atoms with Crippen LogP contribution in [0.4, 0.5) is 0 Å². The van der Waals surface area contributed by atoms with Gasteiger partial charge in [0, 0.05) is 19.0 Å². The number of imide groups is 2. The summed E-state index contributed by atoms with van der Waals surface area (Å²) in [6.45, 7) is 11.8. The lowest BCUT2D eigenvalue weighted by Gasteiger charge is -2.44. The van der Waals surface area contributed by atoms with Gasteiger partial charge in [-0.15, -0.1) is 0 Å². The van der Waals surface area contributed by atoms with E-state index in [1.54, 1.807) is 36.4 Å². The van der Waals surface area contributed by atoms with E-state index in [0.717, 1.165) is 59.0 Å². The molecule has 418 valence electrons. The molecule has 3 aliphatic rings. The highest BCUT2D eigenvalue weighted by atomic mass is 16.5. The first-order valence-corrected chi connectivity index (χ1v) is 31.0. The molecule has 0 saturated heterocycles. The number of amides is 4. The smallest absolute Gasteiger partial charge is 0.261 e. The van der Waals surface area contributed by atoms with Crippen molar-refractivity contribution < 1.29 is 28.7 Å². The lowest BCUT2D eigenvalue weighted by molar-refractivity contribution is 0.0581. The van der Waals surface area contributed by atoms with Crippen LogP contribution in [0.25, 0.3) is 0 Å². The van der Waals surface area contributed by atoms with Crippen LogP contribution in [0, 0.1) is 23.7 Å². The van der Waals surface area contributed by atoms with Crippen molar-refractivity contribution in [3.8, 4) is 23.0 Å². The Labute approximate surface area is 464 Å². The molecule has 4 aromatic carbocycles. The summed E-state index contributed by atoms with van der Waals surface area (Å²) in [5.74, 6) is 4.90. The fraction of sp³-hybridized carbons (Fsp3) is 0.594. The van der Waals surface area contributed by atoms with Crippen LogP contribution in [0.15, 0.2) is 84.9 Å². The molecule has 0 aromatic heterocycles. The molecule has 8 nitrogen and oxygen atoms in total. The molecule has 4 atom stereocenters. The number of hydrogen-bond donors (Lipinski definition) is 0. The van der Waals surface area contributed by atoms with E-state index >= 15 is 0 Å². The molecule has 2 aliphatic heterocycles. The van der Waals surface area contributed by atoms with E-state index in [1.165, 1.54) is 179 Å². The monoisotopic (exact) mass is 1050 g/mol. The second-order valence-corrected chi connectivity index (χ2v) is 23.9. The Balaban J connectivity index is 0.856. The number of unbranched alkanes of at least 4 members (excludes halogenated alkanes) is 19. The first kappa shape index (κ1) is 59.4. The SMILES string of the molecule is CCCCCCCCCC1CCC(CCCCCC)C(CCCCCCCC)C1CCCCCCCCN1C(=O)c2ccc(Oc3ccc(C(C)(C)c4ccc(Oc5ccc6c(c5)C(=O)N(C)C6=O)cc4)cc3)cc2C1=O. The van der Waals surface area contributed by atoms with Gasteiger partial charge in [0.2, 0.25) is 0 Å². The topological polar surface area (TPSA) is 93.2 Å². The standard InChI is InChI=1S/C69H96N2O6/c1-7-10-13-16-18-21-26-31-52-35-34-51(30-25-15-12-9-3)59(32-27-22-17-14-11-8-2)60(52)33-28-23-19-20-24-29-48-71-67(74)62-47-45-58(50-64(62)68(71)75)77-56-42-38-54(39-43-56)69(4,5)53-36-40-55(41-37-53)76-57-44-46-61-63(49-57)66(73)70(6)65(61)72/h36-47,49-52,59-60H,7-35,48H2,1-6H3. The van der Waals surface area contributed by atoms with E-state index in [1.807, 2.05) is 48.5 Å². The zero-order valence-electron chi connectivity index (χ0n) is 48.4. The molecular weight excluding hydrogens is 953 g/mol. The van der Waals surface area contributed by atoms with Crippen LogP contribution >= 0.6 is 0 Å². The number of fused-ring (bicyclic) bond motifs is 2. The van der Waals surface area contributed by atoms with Gasteiger partial charge in [0.05, 0.1) is 22.3 Å². The highest BCUT2D eigenvalue weighted by molar-refractivity contribution is 6.22. The first-order valence-electron chi connectivity index (χ1n) is 31.0. The maximum atomic E-state index is 13.7. The lowest BCUT2D eigenvalue weighted by Crippen LogP contribution is -2.35. The van der Waals surface area contributed by atoms with Gasteiger partial charge in [0.15, 0.2) is 0 Å². The fourth-order valence-electron chi connectivity index (χ4n) is 13.1. The van der Waals surface area contributed by atoms with Gasteiger partial charge in [0.25, 0.3) is 23.6 Å². The van der Waals surface area contributed by atoms with Crippen molar-refractivity contribution in [2.45, 2.75) is 226 Å². The molecule has 1 aliphatic carbocycles. The highest BCUT2D eigenvalue weighted by Gasteiger charge is 2.39. The molecule has 1 saturated carbocycles. The van der Waals surface area contributed by atoms with Crippen molar-refractivity contribution in [3.63, 3.8) is 0 Å². The van der Waals surface area contributed by atoms with Gasteiger partial charge in [-0.3, -0.25) is 29.0 Å². The van der Waals surface area contributed by atoms with Crippen molar-refractivity contribution in [2.75, 3.05) is 13.6 Å². The third-order valence-electron chi connectivity index (χ3n) is 18.0. The Kier molecular flexibility index (Phi) is 23.3. The molecule has 0 bridgehead atoms. The summed E-state index contributed by atoms with van der Waals surface area (Å²) < 4.78 is 12.3. The van der Waals surface area contributed by atoms with Crippen LogP contribution in [0.1, 0.15) is 273 Å². The summed E-state index contributed by atoms with van der Waals surface area (Å²) >= 11 is 0. The van der Waals surface area contributed by atoms with Crippen LogP contribution in [0.2, 0.25) is 0 Å². The Morgan fingerprint density at radius 2 is 0.740 bits per heavy atom. The predicted molar refractivity (Wildman–Crippen MR) is 315 cm³/mol. The van der Waals surface area contributed by atoms with Crippen molar-refractivity contribution in [3.05, 3.63) is 118 Å². The van der Waals surface area contributed by atoms with Crippen molar-refractivity contribution in [2.24, 2.45) is 23.7 Å². The van der Waals surface area contributed by atoms with E-state index in [2.05, 4.69) is 34.6 Å². The largest absolute Gasteiger partial charge is 0.457 e. The number of nitrogens with zero attached hydrogens (tertiary/aromatic N) is 2. The molecule has 4 unspecified atom stereocenters. The molecule has 0 radical (unpaired) electrons. The molecule has 7 rings (SSSR count). The van der Waals surface area contributed by atoms with E-state index in [4.69, 9.17) is 9.47 Å². The number of rotatable bonds is 35. The normalized spacial score (nSPS) is 18.4. The highest BCUT2D eigenvalue weighted by Crippen LogP contribution is 2.48. The summed E-state index contributed by atoms with van der Waals surface area (Å²) in [6, 6.07) is 26.0. The van der Waals surface area contributed by atoms with Crippen LogP contribution in [0.5, 0.6) is 23.0 Å². The van der Waals surface area contributed by atoms with Crippen LogP contribution in [0.3, 0.4) is 0 Å². The Morgan fingerprint density at radius 1 is 0.403 bits per heavy atom. The zero-order valence-corrected chi connectivity index (χ0v) is 48.4. The summed E-state index contributed by atoms with van der Waals surface area (Å²) in [7, 11) is 1.48. The predicted octanol–water partition coefficient (Wildman–Crippen LogP) is 19.3. The summed E-state index contributed by atoms with van der Waals surface area (Å²) in [5.41, 5.74) is 3.43. The number of hydrogen-bond acceptors (Lipinski definition) is 6. The lowest BCUT2D eigenvalue weighted by atomic mass is 9.61. The molecule has 0 spiro atoms. The van der Waals surface area contributed by atoms with Gasteiger partial charge in [-0.1, -0.05) is 213 Å². The van der Waals surface area contributed by atoms with Gasteiger partial charge < -0.3 is 9.47 Å². The van der Waals surface area contributed by atoms with Gasteiger partial charge in [0.1, 0.15) is 23.0 Å². The fourth-order valence-corrected chi connectivity index (χ4v) is 13.1. The Morgan fingerprint density at radius 3 is 1.19 bits per heavy atom. The minimum absolute atomic E-state index is 0.203. The van der Waals surface area contributed by atoms with E-state index < -0.39 is 0 Å². The minimum atomic E-state index is -0.343. The molecule has 1 fully saturated rings. The van der Waals surface area contributed by atoms with Gasteiger partial charge >= 0.3 is 0 Å². The quantitative estimate of drug-likeness (QED) is 0.0337. The molecular formula is C69H96N2O6. The van der Waals surface area contributed by atoms with Crippen molar-refractivity contribution >= 4 is 23.6 Å². The van der Waals surface area contributed by atoms with Crippen LogP contribution in [-0.2, 0) is 5.41 Å². The Hall–Kier alpha value is -5.24. The van der Waals surface area contributed by atoms with E-state index in [-0.39, 0.29) is 29.0 Å². The number of carbonyl (C=O) groups excluding carboxylic acids is 4. The molecule has 0 N–H and O–H groups in total. The van der Waals surface area contributed by atoms with E-state index in [9.17, 15) is 19.2 Å². The van der Waals surface area contributed by atoms with Gasteiger partial charge in [-0.2, -0.15) is 0 Å².